The lowest BCUT2D eigenvalue weighted by atomic mass is 9.90. The Balaban J connectivity index is 1.45. The molecule has 2 heterocycles. The molecule has 0 bridgehead atoms. The highest BCUT2D eigenvalue weighted by Crippen LogP contribution is 2.25. The average Bonchev–Trinajstić information content (AvgIpc) is 2.68. The van der Waals surface area contributed by atoms with Crippen molar-refractivity contribution >= 4 is 11.9 Å². The Labute approximate surface area is 155 Å². The molecule has 2 aliphatic rings. The summed E-state index contributed by atoms with van der Waals surface area (Å²) in [5.74, 6) is -0.164. The van der Waals surface area contributed by atoms with Gasteiger partial charge in [0.2, 0.25) is 0 Å². The Kier molecular flexibility index (Phi) is 6.63. The third kappa shape index (κ3) is 5.29. The summed E-state index contributed by atoms with van der Waals surface area (Å²) in [7, 11) is 0. The fourth-order valence-electron chi connectivity index (χ4n) is 3.89. The third-order valence-corrected chi connectivity index (χ3v) is 5.55. The maximum atomic E-state index is 12.5. The van der Waals surface area contributed by atoms with Crippen molar-refractivity contribution in [1.82, 2.24) is 15.5 Å². The lowest BCUT2D eigenvalue weighted by Crippen LogP contribution is -2.45. The smallest absolute Gasteiger partial charge is 0.304 e. The standard InChI is InChI=1S/C20H29N3O3/c24-19(25)9-14-23-12-7-18(8-13-23)22-20(26)17-3-1-15(2-4-17)16-5-10-21-11-6-16/h1-4,16,18,21H,5-14H2,(H,22,26)(H,24,25). The highest BCUT2D eigenvalue weighted by molar-refractivity contribution is 5.94. The van der Waals surface area contributed by atoms with Crippen LogP contribution in [0.4, 0.5) is 0 Å². The van der Waals surface area contributed by atoms with Crippen molar-refractivity contribution in [1.29, 1.82) is 0 Å². The van der Waals surface area contributed by atoms with Crippen LogP contribution in [0.2, 0.25) is 0 Å². The van der Waals surface area contributed by atoms with E-state index in [0.717, 1.165) is 57.4 Å². The number of nitrogens with zero attached hydrogens (tertiary/aromatic N) is 1. The van der Waals surface area contributed by atoms with Gasteiger partial charge >= 0.3 is 5.97 Å². The van der Waals surface area contributed by atoms with E-state index >= 15 is 0 Å². The van der Waals surface area contributed by atoms with E-state index in [4.69, 9.17) is 5.11 Å². The molecule has 6 nitrogen and oxygen atoms in total. The van der Waals surface area contributed by atoms with Crippen molar-refractivity contribution in [2.24, 2.45) is 0 Å². The van der Waals surface area contributed by atoms with Crippen LogP contribution in [0.25, 0.3) is 0 Å². The van der Waals surface area contributed by atoms with Gasteiger partial charge in [0.15, 0.2) is 0 Å². The Morgan fingerprint density at radius 1 is 1.08 bits per heavy atom. The van der Waals surface area contributed by atoms with Crippen LogP contribution in [0.15, 0.2) is 24.3 Å². The van der Waals surface area contributed by atoms with E-state index in [0.29, 0.717) is 12.5 Å². The zero-order chi connectivity index (χ0) is 18.4. The number of benzene rings is 1. The second-order valence-electron chi connectivity index (χ2n) is 7.38. The van der Waals surface area contributed by atoms with Crippen LogP contribution in [-0.2, 0) is 4.79 Å². The van der Waals surface area contributed by atoms with E-state index in [2.05, 4.69) is 27.7 Å². The zero-order valence-corrected chi connectivity index (χ0v) is 15.2. The molecule has 26 heavy (non-hydrogen) atoms. The Hall–Kier alpha value is -1.92. The second kappa shape index (κ2) is 9.14. The number of likely N-dealkylation sites (tertiary alicyclic amines) is 1. The first-order chi connectivity index (χ1) is 12.6. The van der Waals surface area contributed by atoms with E-state index < -0.39 is 5.97 Å². The molecule has 3 rings (SSSR count). The van der Waals surface area contributed by atoms with Gasteiger partial charge in [-0.05, 0) is 62.4 Å². The highest BCUT2D eigenvalue weighted by atomic mass is 16.4. The van der Waals surface area contributed by atoms with Crippen LogP contribution in [-0.4, -0.2) is 60.6 Å². The second-order valence-corrected chi connectivity index (χ2v) is 7.38. The molecule has 2 fully saturated rings. The first kappa shape index (κ1) is 18.9. The van der Waals surface area contributed by atoms with Crippen molar-refractivity contribution in [3.63, 3.8) is 0 Å². The third-order valence-electron chi connectivity index (χ3n) is 5.55. The van der Waals surface area contributed by atoms with E-state index in [1.165, 1.54) is 5.56 Å². The fourth-order valence-corrected chi connectivity index (χ4v) is 3.89. The van der Waals surface area contributed by atoms with E-state index in [1.54, 1.807) is 0 Å². The van der Waals surface area contributed by atoms with E-state index in [1.807, 2.05) is 12.1 Å². The van der Waals surface area contributed by atoms with Crippen LogP contribution in [0, 0.1) is 0 Å². The SMILES string of the molecule is O=C(O)CCN1CCC(NC(=O)c2ccc(C3CCNCC3)cc2)CC1. The van der Waals surface area contributed by atoms with Crippen LogP contribution in [0.5, 0.6) is 0 Å². The van der Waals surface area contributed by atoms with Crippen LogP contribution in [0.1, 0.15) is 53.9 Å². The van der Waals surface area contributed by atoms with Gasteiger partial charge in [0.1, 0.15) is 0 Å². The molecule has 1 aromatic carbocycles. The number of piperidine rings is 2. The number of aliphatic carboxylic acids is 1. The van der Waals surface area contributed by atoms with Gasteiger partial charge in [-0.1, -0.05) is 12.1 Å². The van der Waals surface area contributed by atoms with Gasteiger partial charge in [-0.25, -0.2) is 0 Å². The molecule has 0 aromatic heterocycles. The summed E-state index contributed by atoms with van der Waals surface area (Å²) in [5, 5.41) is 15.3. The average molecular weight is 359 g/mol. The van der Waals surface area contributed by atoms with Crippen LogP contribution in [0.3, 0.4) is 0 Å². The number of hydrogen-bond donors (Lipinski definition) is 3. The van der Waals surface area contributed by atoms with Gasteiger partial charge < -0.3 is 20.6 Å². The highest BCUT2D eigenvalue weighted by Gasteiger charge is 2.22. The molecule has 0 radical (unpaired) electrons. The number of carboxylic acids is 1. The monoisotopic (exact) mass is 359 g/mol. The molecule has 142 valence electrons. The lowest BCUT2D eigenvalue weighted by molar-refractivity contribution is -0.137. The molecule has 3 N–H and O–H groups in total. The number of hydrogen-bond acceptors (Lipinski definition) is 4. The first-order valence-electron chi connectivity index (χ1n) is 9.67. The van der Waals surface area contributed by atoms with Gasteiger partial charge in [-0.3, -0.25) is 9.59 Å². The quantitative estimate of drug-likeness (QED) is 0.722. The minimum Gasteiger partial charge on any atom is -0.481 e. The molecule has 0 saturated carbocycles. The molecule has 0 atom stereocenters. The Morgan fingerprint density at radius 3 is 2.35 bits per heavy atom. The van der Waals surface area contributed by atoms with Crippen molar-refractivity contribution < 1.29 is 14.7 Å². The number of rotatable bonds is 6. The summed E-state index contributed by atoms with van der Waals surface area (Å²) in [4.78, 5) is 25.3. The van der Waals surface area contributed by atoms with Crippen molar-refractivity contribution in [3.05, 3.63) is 35.4 Å². The number of nitrogens with one attached hydrogen (secondary N) is 2. The predicted molar refractivity (Wildman–Crippen MR) is 100 cm³/mol. The van der Waals surface area contributed by atoms with Gasteiger partial charge in [-0.15, -0.1) is 0 Å². The lowest BCUT2D eigenvalue weighted by Gasteiger charge is -2.32. The topological polar surface area (TPSA) is 81.7 Å². The summed E-state index contributed by atoms with van der Waals surface area (Å²) in [5.41, 5.74) is 2.05. The summed E-state index contributed by atoms with van der Waals surface area (Å²) in [6.07, 6.45) is 4.25. The molecule has 2 aliphatic heterocycles. The maximum Gasteiger partial charge on any atom is 0.304 e. The molecular formula is C20H29N3O3. The normalized spacial score (nSPS) is 20.0. The fraction of sp³-hybridized carbons (Fsp3) is 0.600. The molecule has 0 unspecified atom stereocenters. The minimum atomic E-state index is -0.756. The number of carbonyl (C=O) groups excluding carboxylic acids is 1. The molecular weight excluding hydrogens is 330 g/mol. The van der Waals surface area contributed by atoms with Crippen molar-refractivity contribution in [2.75, 3.05) is 32.7 Å². The van der Waals surface area contributed by atoms with E-state index in [9.17, 15) is 9.59 Å². The largest absolute Gasteiger partial charge is 0.481 e. The number of carbonyl (C=O) groups is 2. The zero-order valence-electron chi connectivity index (χ0n) is 15.2. The molecule has 2 saturated heterocycles. The molecule has 1 amide bonds. The molecule has 1 aromatic rings. The molecule has 0 spiro atoms. The van der Waals surface area contributed by atoms with Crippen LogP contribution >= 0.6 is 0 Å². The van der Waals surface area contributed by atoms with Crippen molar-refractivity contribution in [2.45, 2.75) is 44.1 Å². The number of amides is 1. The van der Waals surface area contributed by atoms with Gasteiger partial charge in [0.25, 0.3) is 5.91 Å². The molecule has 0 aliphatic carbocycles. The summed E-state index contributed by atoms with van der Waals surface area (Å²) >= 11 is 0. The summed E-state index contributed by atoms with van der Waals surface area (Å²) in [6, 6.07) is 8.25. The minimum absolute atomic E-state index is 0.00848. The summed E-state index contributed by atoms with van der Waals surface area (Å²) < 4.78 is 0. The van der Waals surface area contributed by atoms with Crippen LogP contribution < -0.4 is 10.6 Å². The maximum absolute atomic E-state index is 12.5. The Morgan fingerprint density at radius 2 is 1.73 bits per heavy atom. The number of carboxylic acid groups (broad SMARTS) is 1. The van der Waals surface area contributed by atoms with Gasteiger partial charge in [-0.2, -0.15) is 0 Å². The van der Waals surface area contributed by atoms with Crippen molar-refractivity contribution in [3.8, 4) is 0 Å². The first-order valence-corrected chi connectivity index (χ1v) is 9.67. The van der Waals surface area contributed by atoms with E-state index in [-0.39, 0.29) is 18.4 Å². The molecule has 6 heteroatoms. The predicted octanol–water partition coefficient (Wildman–Crippen LogP) is 1.82. The van der Waals surface area contributed by atoms with Gasteiger partial charge in [0, 0.05) is 31.2 Å². The van der Waals surface area contributed by atoms with Gasteiger partial charge in [0.05, 0.1) is 6.42 Å². The Bertz CT molecular complexity index is 603. The summed E-state index contributed by atoms with van der Waals surface area (Å²) in [6.45, 7) is 4.41.